The molecule has 0 bridgehead atoms. The summed E-state index contributed by atoms with van der Waals surface area (Å²) in [5.74, 6) is 0. The van der Waals surface area contributed by atoms with Crippen LogP contribution < -0.4 is 5.73 Å². The third kappa shape index (κ3) is 2.29. The van der Waals surface area contributed by atoms with Crippen molar-refractivity contribution in [3.05, 3.63) is 0 Å². The number of likely N-dealkylation sites (tertiary alicyclic amines) is 1. The highest BCUT2D eigenvalue weighted by molar-refractivity contribution is 4.96. The smallest absolute Gasteiger partial charge is 0.0283 e. The standard InChI is InChI=1S/C12H24N2/c1-11-6-3-2-4-9-14(11)10-12(13)7-5-8-12/h11H,2-10,13H2,1H3. The Hall–Kier alpha value is -0.0800. The van der Waals surface area contributed by atoms with Crippen LogP contribution in [0.25, 0.3) is 0 Å². The van der Waals surface area contributed by atoms with Gasteiger partial charge in [0.05, 0.1) is 0 Å². The van der Waals surface area contributed by atoms with Crippen LogP contribution >= 0.6 is 0 Å². The van der Waals surface area contributed by atoms with Crippen molar-refractivity contribution in [3.63, 3.8) is 0 Å². The second kappa shape index (κ2) is 4.19. The topological polar surface area (TPSA) is 29.3 Å². The third-order valence-corrected chi connectivity index (χ3v) is 4.06. The molecule has 1 atom stereocenters. The Kier molecular flexibility index (Phi) is 3.13. The fourth-order valence-corrected chi connectivity index (χ4v) is 2.76. The first-order valence-corrected chi connectivity index (χ1v) is 6.23. The highest BCUT2D eigenvalue weighted by Gasteiger charge is 2.35. The zero-order valence-electron chi connectivity index (χ0n) is 9.47. The van der Waals surface area contributed by atoms with Crippen molar-refractivity contribution in [1.82, 2.24) is 4.90 Å². The molecule has 0 aromatic carbocycles. The van der Waals surface area contributed by atoms with Gasteiger partial charge in [0.25, 0.3) is 0 Å². The molecule has 2 fully saturated rings. The summed E-state index contributed by atoms with van der Waals surface area (Å²) in [4.78, 5) is 2.63. The van der Waals surface area contributed by atoms with Gasteiger partial charge in [0.1, 0.15) is 0 Å². The van der Waals surface area contributed by atoms with Crippen molar-refractivity contribution in [2.75, 3.05) is 13.1 Å². The maximum Gasteiger partial charge on any atom is 0.0283 e. The average Bonchev–Trinajstić information content (AvgIpc) is 2.29. The van der Waals surface area contributed by atoms with Crippen LogP contribution in [0.1, 0.15) is 51.9 Å². The zero-order valence-corrected chi connectivity index (χ0v) is 9.47. The van der Waals surface area contributed by atoms with E-state index in [9.17, 15) is 0 Å². The number of nitrogens with two attached hydrogens (primary N) is 1. The fraction of sp³-hybridized carbons (Fsp3) is 1.00. The molecule has 1 unspecified atom stereocenters. The monoisotopic (exact) mass is 196 g/mol. The molecule has 1 heterocycles. The molecule has 2 rings (SSSR count). The maximum absolute atomic E-state index is 6.31. The van der Waals surface area contributed by atoms with Gasteiger partial charge in [-0.15, -0.1) is 0 Å². The molecule has 0 aromatic heterocycles. The molecule has 2 nitrogen and oxygen atoms in total. The predicted molar refractivity (Wildman–Crippen MR) is 60.3 cm³/mol. The van der Waals surface area contributed by atoms with Crippen LogP contribution in [0, 0.1) is 0 Å². The lowest BCUT2D eigenvalue weighted by molar-refractivity contribution is 0.117. The molecule has 1 saturated heterocycles. The van der Waals surface area contributed by atoms with Gasteiger partial charge in [-0.1, -0.05) is 12.8 Å². The second-order valence-electron chi connectivity index (χ2n) is 5.38. The summed E-state index contributed by atoms with van der Waals surface area (Å²) in [6.07, 6.45) is 9.41. The van der Waals surface area contributed by atoms with Crippen molar-refractivity contribution in [2.45, 2.75) is 63.5 Å². The minimum atomic E-state index is 0.179. The summed E-state index contributed by atoms with van der Waals surface area (Å²) in [6.45, 7) is 4.79. The molecule has 1 saturated carbocycles. The van der Waals surface area contributed by atoms with E-state index in [1.54, 1.807) is 0 Å². The van der Waals surface area contributed by atoms with Gasteiger partial charge >= 0.3 is 0 Å². The highest BCUT2D eigenvalue weighted by Crippen LogP contribution is 2.31. The molecule has 0 radical (unpaired) electrons. The molecule has 14 heavy (non-hydrogen) atoms. The van der Waals surface area contributed by atoms with Gasteiger partial charge in [-0.25, -0.2) is 0 Å². The number of hydrogen-bond donors (Lipinski definition) is 1. The van der Waals surface area contributed by atoms with Gasteiger partial charge in [-0.3, -0.25) is 4.90 Å². The third-order valence-electron chi connectivity index (χ3n) is 4.06. The number of rotatable bonds is 2. The van der Waals surface area contributed by atoms with Crippen molar-refractivity contribution >= 4 is 0 Å². The van der Waals surface area contributed by atoms with E-state index in [0.29, 0.717) is 0 Å². The summed E-state index contributed by atoms with van der Waals surface area (Å²) < 4.78 is 0. The quantitative estimate of drug-likeness (QED) is 0.733. The van der Waals surface area contributed by atoms with E-state index in [0.717, 1.165) is 12.6 Å². The lowest BCUT2D eigenvalue weighted by Gasteiger charge is -2.43. The highest BCUT2D eigenvalue weighted by atomic mass is 15.2. The van der Waals surface area contributed by atoms with Gasteiger partial charge < -0.3 is 5.73 Å². The molecule has 2 aliphatic rings. The number of nitrogens with zero attached hydrogens (tertiary/aromatic N) is 1. The van der Waals surface area contributed by atoms with Crippen molar-refractivity contribution < 1.29 is 0 Å². The second-order valence-corrected chi connectivity index (χ2v) is 5.38. The van der Waals surface area contributed by atoms with Crippen LogP contribution in [0.2, 0.25) is 0 Å². The van der Waals surface area contributed by atoms with Gasteiger partial charge in [0.2, 0.25) is 0 Å². The summed E-state index contributed by atoms with van der Waals surface area (Å²) in [6, 6.07) is 0.763. The van der Waals surface area contributed by atoms with Crippen LogP contribution in [0.5, 0.6) is 0 Å². The van der Waals surface area contributed by atoms with Crippen molar-refractivity contribution in [1.29, 1.82) is 0 Å². The van der Waals surface area contributed by atoms with Crippen molar-refractivity contribution in [2.24, 2.45) is 5.73 Å². The van der Waals surface area contributed by atoms with Crippen LogP contribution in [0.15, 0.2) is 0 Å². The van der Waals surface area contributed by atoms with E-state index in [4.69, 9.17) is 5.73 Å². The SMILES string of the molecule is CC1CCCCCN1CC1(N)CCC1. The summed E-state index contributed by atoms with van der Waals surface area (Å²) in [5, 5.41) is 0. The van der Waals surface area contributed by atoms with E-state index >= 15 is 0 Å². The van der Waals surface area contributed by atoms with Crippen LogP contribution in [-0.2, 0) is 0 Å². The molecule has 82 valence electrons. The van der Waals surface area contributed by atoms with E-state index in [1.165, 1.54) is 51.5 Å². The average molecular weight is 196 g/mol. The molecule has 1 aliphatic heterocycles. The van der Waals surface area contributed by atoms with Crippen molar-refractivity contribution in [3.8, 4) is 0 Å². The Balaban J connectivity index is 1.87. The maximum atomic E-state index is 6.31. The molecule has 0 aromatic rings. The Labute approximate surface area is 87.8 Å². The summed E-state index contributed by atoms with van der Waals surface area (Å²) >= 11 is 0. The molecule has 1 aliphatic carbocycles. The van der Waals surface area contributed by atoms with Crippen LogP contribution in [0.3, 0.4) is 0 Å². The van der Waals surface area contributed by atoms with Gasteiger partial charge in [-0.2, -0.15) is 0 Å². The summed E-state index contributed by atoms with van der Waals surface area (Å²) in [5.41, 5.74) is 6.48. The lowest BCUT2D eigenvalue weighted by atomic mass is 9.77. The Morgan fingerprint density at radius 2 is 2.00 bits per heavy atom. The first-order chi connectivity index (χ1) is 6.70. The van der Waals surface area contributed by atoms with E-state index in [1.807, 2.05) is 0 Å². The first kappa shape index (κ1) is 10.4. The molecule has 2 N–H and O–H groups in total. The summed E-state index contributed by atoms with van der Waals surface area (Å²) in [7, 11) is 0. The van der Waals surface area contributed by atoms with Crippen LogP contribution in [-0.4, -0.2) is 29.6 Å². The van der Waals surface area contributed by atoms with Gasteiger partial charge in [0, 0.05) is 18.1 Å². The van der Waals surface area contributed by atoms with E-state index in [-0.39, 0.29) is 5.54 Å². The van der Waals surface area contributed by atoms with E-state index in [2.05, 4.69) is 11.8 Å². The first-order valence-electron chi connectivity index (χ1n) is 6.23. The number of hydrogen-bond acceptors (Lipinski definition) is 2. The molecule has 0 spiro atoms. The van der Waals surface area contributed by atoms with E-state index < -0.39 is 0 Å². The largest absolute Gasteiger partial charge is 0.324 e. The Bertz CT molecular complexity index is 187. The normalized spacial score (nSPS) is 33.4. The lowest BCUT2D eigenvalue weighted by Crippen LogP contribution is -2.56. The molecular formula is C12H24N2. The molecule has 2 heteroatoms. The van der Waals surface area contributed by atoms with Crippen LogP contribution in [0.4, 0.5) is 0 Å². The molecular weight excluding hydrogens is 172 g/mol. The van der Waals surface area contributed by atoms with Gasteiger partial charge in [0.15, 0.2) is 0 Å². The predicted octanol–water partition coefficient (Wildman–Crippen LogP) is 2.13. The Morgan fingerprint density at radius 3 is 2.64 bits per heavy atom. The molecule has 0 amide bonds. The van der Waals surface area contributed by atoms with Gasteiger partial charge in [-0.05, 0) is 45.6 Å². The Morgan fingerprint density at radius 1 is 1.21 bits per heavy atom. The minimum absolute atomic E-state index is 0.179. The zero-order chi connectivity index (χ0) is 10.0. The fourth-order valence-electron chi connectivity index (χ4n) is 2.76. The minimum Gasteiger partial charge on any atom is -0.324 e.